The minimum Gasteiger partial charge on any atom is -0.368 e. The number of hydrogen-bond donors (Lipinski definition) is 1. The normalized spacial score (nSPS) is 31.6. The number of nitrogens with two attached hydrogens (primary N) is 1. The van der Waals surface area contributed by atoms with Crippen LogP contribution in [0.5, 0.6) is 0 Å². The first-order valence-corrected chi connectivity index (χ1v) is 6.34. The molecule has 0 amide bonds. The molecule has 0 saturated heterocycles. The molecule has 1 saturated carbocycles. The second-order valence-electron chi connectivity index (χ2n) is 6.34. The molecule has 0 spiro atoms. The average molecular weight is 271 g/mol. The molecule has 19 heavy (non-hydrogen) atoms. The van der Waals surface area contributed by atoms with Crippen molar-refractivity contribution in [2.45, 2.75) is 51.1 Å². The Morgan fingerprint density at radius 1 is 1.21 bits per heavy atom. The van der Waals surface area contributed by atoms with Gasteiger partial charge in [0.25, 0.3) is 0 Å². The fourth-order valence-electron chi connectivity index (χ4n) is 3.88. The summed E-state index contributed by atoms with van der Waals surface area (Å²) >= 11 is 0. The van der Waals surface area contributed by atoms with Crippen LogP contribution in [0, 0.1) is 5.41 Å². The van der Waals surface area contributed by atoms with Crippen LogP contribution in [0.2, 0.25) is 0 Å². The first-order chi connectivity index (χ1) is 8.59. The minimum absolute atomic E-state index is 0.135. The maximum atomic E-state index is 13.2. The summed E-state index contributed by atoms with van der Waals surface area (Å²) in [7, 11) is 0. The summed E-state index contributed by atoms with van der Waals surface area (Å²) in [6, 6.07) is 0. The topological polar surface area (TPSA) is 51.8 Å². The molecule has 0 aromatic carbocycles. The van der Waals surface area contributed by atoms with E-state index in [-0.39, 0.29) is 28.3 Å². The van der Waals surface area contributed by atoms with Gasteiger partial charge in [-0.05, 0) is 24.2 Å². The molecule has 1 aromatic heterocycles. The van der Waals surface area contributed by atoms with E-state index in [0.717, 1.165) is 12.8 Å². The highest BCUT2D eigenvalue weighted by atomic mass is 19.4. The van der Waals surface area contributed by atoms with E-state index in [1.165, 1.54) is 0 Å². The van der Waals surface area contributed by atoms with Gasteiger partial charge >= 0.3 is 6.18 Å². The largest absolute Gasteiger partial charge is 0.433 e. The maximum absolute atomic E-state index is 13.2. The van der Waals surface area contributed by atoms with Gasteiger partial charge in [-0.2, -0.15) is 13.2 Å². The number of nitrogens with zero attached hydrogens (tertiary/aromatic N) is 2. The maximum Gasteiger partial charge on any atom is 0.433 e. The molecular weight excluding hydrogens is 255 g/mol. The van der Waals surface area contributed by atoms with Gasteiger partial charge in [0.1, 0.15) is 0 Å². The zero-order valence-electron chi connectivity index (χ0n) is 11.1. The number of halogens is 3. The second-order valence-corrected chi connectivity index (χ2v) is 6.34. The van der Waals surface area contributed by atoms with Gasteiger partial charge in [-0.1, -0.05) is 20.8 Å². The van der Waals surface area contributed by atoms with E-state index >= 15 is 0 Å². The quantitative estimate of drug-likeness (QED) is 0.788. The van der Waals surface area contributed by atoms with Gasteiger partial charge in [0, 0.05) is 11.0 Å². The molecule has 2 bridgehead atoms. The van der Waals surface area contributed by atoms with Crippen LogP contribution in [-0.2, 0) is 11.6 Å². The molecule has 1 aromatic rings. The Hall–Kier alpha value is -1.33. The number of rotatable bonds is 0. The highest BCUT2D eigenvalue weighted by molar-refractivity contribution is 5.50. The van der Waals surface area contributed by atoms with E-state index in [1.54, 1.807) is 0 Å². The van der Waals surface area contributed by atoms with Gasteiger partial charge in [0.05, 0.1) is 5.69 Å². The molecule has 2 aliphatic carbocycles. The second kappa shape index (κ2) is 3.22. The van der Waals surface area contributed by atoms with E-state index in [2.05, 4.69) is 9.97 Å². The van der Waals surface area contributed by atoms with E-state index in [0.29, 0.717) is 5.69 Å². The molecule has 2 aliphatic rings. The summed E-state index contributed by atoms with van der Waals surface area (Å²) in [6.07, 6.45) is -2.86. The van der Waals surface area contributed by atoms with Crippen LogP contribution in [0.25, 0.3) is 0 Å². The molecular formula is C13H16F3N3. The third kappa shape index (κ3) is 1.34. The molecule has 0 radical (unpaired) electrons. The van der Waals surface area contributed by atoms with Crippen LogP contribution in [0.1, 0.15) is 56.5 Å². The summed E-state index contributed by atoms with van der Waals surface area (Å²) in [5.41, 5.74) is 4.85. The van der Waals surface area contributed by atoms with Gasteiger partial charge in [0.2, 0.25) is 5.95 Å². The lowest BCUT2D eigenvalue weighted by molar-refractivity contribution is -0.142. The molecule has 0 aliphatic heterocycles. The molecule has 1 fully saturated rings. The van der Waals surface area contributed by atoms with Gasteiger partial charge in [-0.15, -0.1) is 0 Å². The summed E-state index contributed by atoms with van der Waals surface area (Å²) in [5, 5.41) is 0. The Morgan fingerprint density at radius 2 is 1.84 bits per heavy atom. The summed E-state index contributed by atoms with van der Waals surface area (Å²) in [5.74, 6) is -0.416. The standard InChI is InChI=1S/C13H16F3N3/c1-11(2)6-4-5-12(11,3)8-7(6)9(13(14,15)16)19-10(17)18-8/h6H,4-5H2,1-3H3,(H2,17,18,19)/t6-,12+/m1/s1. The van der Waals surface area contributed by atoms with Crippen LogP contribution < -0.4 is 5.73 Å². The lowest BCUT2D eigenvalue weighted by Crippen LogP contribution is -2.32. The van der Waals surface area contributed by atoms with Gasteiger partial charge in [0.15, 0.2) is 5.69 Å². The number of fused-ring (bicyclic) bond motifs is 5. The molecule has 0 unspecified atom stereocenters. The third-order valence-corrected chi connectivity index (χ3v) is 5.33. The Morgan fingerprint density at radius 3 is 2.42 bits per heavy atom. The molecule has 104 valence electrons. The van der Waals surface area contributed by atoms with Crippen molar-refractivity contribution in [1.82, 2.24) is 9.97 Å². The van der Waals surface area contributed by atoms with Crippen molar-refractivity contribution in [3.63, 3.8) is 0 Å². The van der Waals surface area contributed by atoms with Crippen molar-refractivity contribution in [3.8, 4) is 0 Å². The SMILES string of the molecule is CC1(C)[C@@H]2CC[C@@]1(C)c1nc(N)nc(C(F)(F)F)c12. The van der Waals surface area contributed by atoms with Crippen LogP contribution >= 0.6 is 0 Å². The highest BCUT2D eigenvalue weighted by Gasteiger charge is 2.63. The van der Waals surface area contributed by atoms with Gasteiger partial charge < -0.3 is 5.73 Å². The summed E-state index contributed by atoms with van der Waals surface area (Å²) < 4.78 is 39.5. The summed E-state index contributed by atoms with van der Waals surface area (Å²) in [6.45, 7) is 6.02. The number of anilines is 1. The molecule has 2 atom stereocenters. The van der Waals surface area contributed by atoms with Crippen molar-refractivity contribution in [1.29, 1.82) is 0 Å². The molecule has 2 N–H and O–H groups in total. The Labute approximate surface area is 109 Å². The predicted octanol–water partition coefficient (Wildman–Crippen LogP) is 3.25. The monoisotopic (exact) mass is 271 g/mol. The first kappa shape index (κ1) is 12.7. The Bertz CT molecular complexity index is 565. The summed E-state index contributed by atoms with van der Waals surface area (Å²) in [4.78, 5) is 7.62. The van der Waals surface area contributed by atoms with Crippen LogP contribution in [0.3, 0.4) is 0 Å². The van der Waals surface area contributed by atoms with Crippen LogP contribution in [-0.4, -0.2) is 9.97 Å². The zero-order chi connectivity index (χ0) is 14.2. The Kier molecular flexibility index (Phi) is 2.15. The molecule has 3 rings (SSSR count). The Balaban J connectivity index is 2.34. The molecule has 3 nitrogen and oxygen atoms in total. The number of alkyl halides is 3. The van der Waals surface area contributed by atoms with Crippen molar-refractivity contribution < 1.29 is 13.2 Å². The molecule has 6 heteroatoms. The van der Waals surface area contributed by atoms with Crippen molar-refractivity contribution in [3.05, 3.63) is 17.0 Å². The smallest absolute Gasteiger partial charge is 0.368 e. The van der Waals surface area contributed by atoms with E-state index in [1.807, 2.05) is 20.8 Å². The first-order valence-electron chi connectivity index (χ1n) is 6.34. The van der Waals surface area contributed by atoms with E-state index < -0.39 is 11.9 Å². The zero-order valence-corrected chi connectivity index (χ0v) is 11.1. The fourth-order valence-corrected chi connectivity index (χ4v) is 3.88. The molecule has 1 heterocycles. The third-order valence-electron chi connectivity index (χ3n) is 5.33. The van der Waals surface area contributed by atoms with Gasteiger partial charge in [-0.25, -0.2) is 9.97 Å². The van der Waals surface area contributed by atoms with Crippen LogP contribution in [0.15, 0.2) is 0 Å². The lowest BCUT2D eigenvalue weighted by atomic mass is 9.70. The van der Waals surface area contributed by atoms with Crippen molar-refractivity contribution in [2.75, 3.05) is 5.73 Å². The highest BCUT2D eigenvalue weighted by Crippen LogP contribution is 2.68. The lowest BCUT2D eigenvalue weighted by Gasteiger charge is -2.34. The fraction of sp³-hybridized carbons (Fsp3) is 0.692. The number of nitrogen functional groups attached to an aromatic ring is 1. The number of hydrogen-bond acceptors (Lipinski definition) is 3. The van der Waals surface area contributed by atoms with Gasteiger partial charge in [-0.3, -0.25) is 0 Å². The number of aromatic nitrogens is 2. The van der Waals surface area contributed by atoms with E-state index in [9.17, 15) is 13.2 Å². The predicted molar refractivity (Wildman–Crippen MR) is 64.6 cm³/mol. The van der Waals surface area contributed by atoms with Crippen molar-refractivity contribution >= 4 is 5.95 Å². The van der Waals surface area contributed by atoms with Crippen molar-refractivity contribution in [2.24, 2.45) is 5.41 Å². The minimum atomic E-state index is -4.47. The van der Waals surface area contributed by atoms with E-state index in [4.69, 9.17) is 5.73 Å². The van der Waals surface area contributed by atoms with Crippen LogP contribution in [0.4, 0.5) is 19.1 Å². The average Bonchev–Trinajstić information content (AvgIpc) is 2.58.